The Kier molecular flexibility index (Phi) is 37.7. The molecular formula is C75H99N17O26. The van der Waals surface area contributed by atoms with Gasteiger partial charge in [-0.05, 0) is 93.5 Å². The summed E-state index contributed by atoms with van der Waals surface area (Å²) >= 11 is 0. The van der Waals surface area contributed by atoms with Gasteiger partial charge in [0.1, 0.15) is 72.6 Å². The lowest BCUT2D eigenvalue weighted by atomic mass is 9.96. The number of nitrogens with two attached hydrogens (primary N) is 3. The number of hydrogen-bond donors (Lipinski definition) is 22. The number of aliphatic hydroxyl groups is 1. The lowest BCUT2D eigenvalue weighted by molar-refractivity contribution is -0.156. The topological polar surface area (TPSA) is 702 Å². The minimum absolute atomic E-state index is 0.0981. The minimum atomic E-state index is -2.46. The van der Waals surface area contributed by atoms with E-state index in [0.717, 1.165) is 58.4 Å². The predicted octanol–water partition coefficient (Wildman–Crippen LogP) is -5.33. The molecule has 0 spiro atoms. The van der Waals surface area contributed by atoms with E-state index in [4.69, 9.17) is 21.9 Å². The number of fused-ring (bicyclic) bond motifs is 1. The summed E-state index contributed by atoms with van der Waals surface area (Å²) in [6, 6.07) is -4.21. The molecule has 0 bridgehead atoms. The van der Waals surface area contributed by atoms with Gasteiger partial charge in [0.2, 0.25) is 76.8 Å². The quantitative estimate of drug-likeness (QED) is 0.00917. The maximum atomic E-state index is 14.9. The van der Waals surface area contributed by atoms with Crippen LogP contribution < -0.4 is 86.3 Å². The standard InChI is InChI=1S/C75H99N17O26/c1-5-6-7-8-14-39-20-22-40(23-21-39)65(107)86-47(26-41-32-79-45-18-12-10-15-42(41)45)69(111)87-48(28-55(78)95)70(112)89-51(31-61(104)105)71(113)92-63-38(4)118-75(117)52(27-54(94)43-16-9-11-17-44(43)77)90-74(116)62(36(2)25-58(98)99)91-72(114)53(35-93)84-57(97)33-80-66(108)49(29-59(100)101)85-64(106)37(3)82-68(110)50(30-60(102)103)88-67(109)46(19-13-24-76)83-56(96)34-81-73(63)115/h9-12,15-18,20-23,32,36-38,46-53,62-63,79,93H,5-8,13-14,19,24-31,33-35,76-77H2,1-4H3,(H2,78,95)(H,80,108)(H,81,115)(H,82,110)(H,83,96)(H,84,97)(H,85,106)(H,86,107)(H,87,111)(H,88,109)(H,89,112)(H,90,116)(H,91,114)(H,92,113)(H,98,99)(H,100,101)(H,102,103)(H,104,105)/t36-,37+,38+,46-,47-,48-,49-,50+,51-,52-,53+,62-,63-/m0/s1. The maximum absolute atomic E-state index is 14.9. The molecule has 4 aromatic rings. The summed E-state index contributed by atoms with van der Waals surface area (Å²) < 4.78 is 5.69. The number of hydrogen-bond acceptors (Lipinski definition) is 24. The maximum Gasteiger partial charge on any atom is 0.329 e. The summed E-state index contributed by atoms with van der Waals surface area (Å²) in [6.07, 6.45) is -3.80. The molecule has 1 fully saturated rings. The van der Waals surface area contributed by atoms with Crippen molar-refractivity contribution in [3.63, 3.8) is 0 Å². The van der Waals surface area contributed by atoms with E-state index in [2.05, 4.69) is 65.1 Å². The molecule has 0 radical (unpaired) electrons. The predicted molar refractivity (Wildman–Crippen MR) is 411 cm³/mol. The van der Waals surface area contributed by atoms with Crippen molar-refractivity contribution in [2.24, 2.45) is 17.4 Å². The Morgan fingerprint density at radius 2 is 1.11 bits per heavy atom. The average molecular weight is 1650 g/mol. The molecule has 0 unspecified atom stereocenters. The second-order valence-corrected chi connectivity index (χ2v) is 27.8. The summed E-state index contributed by atoms with van der Waals surface area (Å²) in [7, 11) is 0. The number of cyclic esters (lactones) is 1. The van der Waals surface area contributed by atoms with Crippen molar-refractivity contribution >= 4 is 135 Å². The summed E-state index contributed by atoms with van der Waals surface area (Å²) in [4.78, 5) is 277. The van der Waals surface area contributed by atoms with Crippen LogP contribution in [0.2, 0.25) is 0 Å². The third kappa shape index (κ3) is 30.7. The van der Waals surface area contributed by atoms with E-state index in [0.29, 0.717) is 16.5 Å². The van der Waals surface area contributed by atoms with Crippen LogP contribution >= 0.6 is 0 Å². The van der Waals surface area contributed by atoms with Crippen molar-refractivity contribution in [2.45, 2.75) is 190 Å². The molecule has 3 aromatic carbocycles. The summed E-state index contributed by atoms with van der Waals surface area (Å²) in [6.45, 7) is 1.09. The SMILES string of the molecule is CCCCCCc1ccc(C(=O)N[C@@H](Cc2c[nH]c3ccccc23)C(=O)N[C@@H](CC(N)=O)C(=O)N[C@@H](CC(=O)O)C(=O)N[C@@H]2C(=O)NCC(=O)N[C@@H](CCCN)C(=O)N[C@H](CC(=O)O)C(=O)N[C@H](C)C(=O)N[C@@H](CC(=O)O)C(=O)NCC(=O)N[C@H](CO)C(=O)N[C@@H]([C@@H](C)CC(=O)O)C(=O)N[C@@H](CC(=O)c3ccccc3N)C(=O)O[C@@H]2C)cc1. The number of carboxylic acids is 4. The van der Waals surface area contributed by atoms with Gasteiger partial charge in [0.05, 0.1) is 51.8 Å². The first-order valence-corrected chi connectivity index (χ1v) is 37.4. The highest BCUT2D eigenvalue weighted by Crippen LogP contribution is 2.22. The molecule has 43 nitrogen and oxygen atoms in total. The molecule has 1 aliphatic heterocycles. The van der Waals surface area contributed by atoms with Gasteiger partial charge in [-0.3, -0.25) is 91.1 Å². The van der Waals surface area contributed by atoms with Crippen molar-refractivity contribution in [1.29, 1.82) is 0 Å². The number of rotatable bonds is 33. The highest BCUT2D eigenvalue weighted by molar-refractivity contribution is 6.05. The lowest BCUT2D eigenvalue weighted by Crippen LogP contribution is -2.62. The van der Waals surface area contributed by atoms with Crippen LogP contribution in [0.1, 0.15) is 137 Å². The van der Waals surface area contributed by atoms with Gasteiger partial charge in [-0.25, -0.2) is 4.79 Å². The monoisotopic (exact) mass is 1650 g/mol. The fourth-order valence-electron chi connectivity index (χ4n) is 12.0. The number of ketones is 1. The number of nitrogens with one attached hydrogen (secondary N) is 14. The van der Waals surface area contributed by atoms with Gasteiger partial charge in [-0.15, -0.1) is 0 Å². The zero-order valence-corrected chi connectivity index (χ0v) is 64.8. The number of amides is 14. The van der Waals surface area contributed by atoms with Gasteiger partial charge < -0.3 is 122 Å². The Bertz CT molecular complexity index is 4360. The molecule has 2 heterocycles. The van der Waals surface area contributed by atoms with Gasteiger partial charge in [-0.2, -0.15) is 0 Å². The zero-order chi connectivity index (χ0) is 87.6. The molecule has 43 heteroatoms. The van der Waals surface area contributed by atoms with Gasteiger partial charge in [-0.1, -0.05) is 75.6 Å². The average Bonchev–Trinajstić information content (AvgIpc) is 1.67. The van der Waals surface area contributed by atoms with Crippen LogP contribution in [0.5, 0.6) is 0 Å². The molecule has 118 heavy (non-hydrogen) atoms. The molecule has 13 atom stereocenters. The van der Waals surface area contributed by atoms with Crippen LogP contribution in [0.3, 0.4) is 0 Å². The number of unbranched alkanes of at least 4 members (excludes halogenated alkanes) is 3. The van der Waals surface area contributed by atoms with Crippen LogP contribution in [0.4, 0.5) is 5.69 Å². The molecule has 1 aliphatic rings. The Morgan fingerprint density at radius 1 is 0.551 bits per heavy atom. The summed E-state index contributed by atoms with van der Waals surface area (Å²) in [5, 5.41) is 78.7. The highest BCUT2D eigenvalue weighted by Gasteiger charge is 2.41. The number of carbonyl (C=O) groups is 20. The Balaban J connectivity index is 1.61. The molecule has 640 valence electrons. The van der Waals surface area contributed by atoms with Crippen molar-refractivity contribution in [1.82, 2.24) is 74.1 Å². The van der Waals surface area contributed by atoms with E-state index in [1.54, 1.807) is 54.7 Å². The number of aliphatic carboxylic acids is 4. The number of benzene rings is 3. The summed E-state index contributed by atoms with van der Waals surface area (Å²) in [5.74, 6) is -30.1. The van der Waals surface area contributed by atoms with Crippen molar-refractivity contribution in [2.75, 3.05) is 32.0 Å². The number of anilines is 1. The number of aromatic amines is 1. The van der Waals surface area contributed by atoms with Gasteiger partial charge in [0, 0.05) is 46.8 Å². The normalized spacial score (nSPS) is 20.9. The zero-order valence-electron chi connectivity index (χ0n) is 64.8. The molecule has 14 amide bonds. The number of aromatic nitrogens is 1. The van der Waals surface area contributed by atoms with Crippen molar-refractivity contribution in [3.8, 4) is 0 Å². The Labute approximate surface area is 673 Å². The number of aliphatic hydroxyl groups excluding tert-OH is 1. The number of aryl methyl sites for hydroxylation is 1. The fourth-order valence-corrected chi connectivity index (χ4v) is 12.0. The highest BCUT2D eigenvalue weighted by atomic mass is 16.5. The smallest absolute Gasteiger partial charge is 0.329 e. The first kappa shape index (κ1) is 95.1. The van der Waals surface area contributed by atoms with E-state index in [9.17, 15) is 121 Å². The molecule has 1 saturated heterocycles. The number of H-pyrrole nitrogens is 1. The molecule has 1 aromatic heterocycles. The van der Waals surface area contributed by atoms with E-state index >= 15 is 0 Å². The molecular weight excluding hydrogens is 1550 g/mol. The number of carboxylic acid groups (broad SMARTS) is 4. The van der Waals surface area contributed by atoms with E-state index in [1.807, 2.05) is 16.0 Å². The van der Waals surface area contributed by atoms with Gasteiger partial charge in [0.25, 0.3) is 5.91 Å². The molecule has 5 rings (SSSR count). The van der Waals surface area contributed by atoms with E-state index < -0.39 is 261 Å². The number of primary amides is 1. The van der Waals surface area contributed by atoms with Crippen LogP contribution in [-0.2, 0) is 104 Å². The van der Waals surface area contributed by atoms with E-state index in [1.165, 1.54) is 24.3 Å². The second-order valence-electron chi connectivity index (χ2n) is 27.8. The third-order valence-corrected chi connectivity index (χ3v) is 18.4. The minimum Gasteiger partial charge on any atom is -0.481 e. The fraction of sp³-hybridized carbons (Fsp3) is 0.467. The van der Waals surface area contributed by atoms with Crippen LogP contribution in [0.25, 0.3) is 10.9 Å². The lowest BCUT2D eigenvalue weighted by Gasteiger charge is -2.30. The van der Waals surface area contributed by atoms with Gasteiger partial charge in [0.15, 0.2) is 5.78 Å². The van der Waals surface area contributed by atoms with E-state index in [-0.39, 0.29) is 36.2 Å². The number of ether oxygens (including phenoxy) is 1. The third-order valence-electron chi connectivity index (χ3n) is 18.4. The molecule has 25 N–H and O–H groups in total. The van der Waals surface area contributed by atoms with Gasteiger partial charge >= 0.3 is 29.8 Å². The van der Waals surface area contributed by atoms with Crippen LogP contribution in [0.15, 0.2) is 79.0 Å². The van der Waals surface area contributed by atoms with Crippen LogP contribution in [-0.4, -0.2) is 248 Å². The van der Waals surface area contributed by atoms with Crippen LogP contribution in [0, 0.1) is 5.92 Å². The molecule has 0 aliphatic carbocycles. The number of Topliss-reactive ketones (excluding diaryl/α,β-unsaturated/α-hetero) is 1. The Hall–Kier alpha value is -13.5. The summed E-state index contributed by atoms with van der Waals surface area (Å²) in [5.41, 5.74) is 19.1. The largest absolute Gasteiger partial charge is 0.481 e. The first-order chi connectivity index (χ1) is 55.8. The second kappa shape index (κ2) is 46.8. The number of carbonyl (C=O) groups excluding carboxylic acids is 16. The molecule has 0 saturated carbocycles. The number of para-hydroxylation sites is 2. The first-order valence-electron chi connectivity index (χ1n) is 37.4. The van der Waals surface area contributed by atoms with Crippen molar-refractivity contribution in [3.05, 3.63) is 101 Å². The Morgan fingerprint density at radius 3 is 1.71 bits per heavy atom. The van der Waals surface area contributed by atoms with Crippen molar-refractivity contribution < 1.29 is 126 Å². The number of esters is 1. The number of nitrogen functional groups attached to an aromatic ring is 1.